The Morgan fingerprint density at radius 1 is 1.17 bits per heavy atom. The van der Waals surface area contributed by atoms with Crippen LogP contribution in [0.25, 0.3) is 21.3 Å². The van der Waals surface area contributed by atoms with Gasteiger partial charge in [-0.3, -0.25) is 9.78 Å². The second kappa shape index (κ2) is 8.22. The number of carbonyl (C=O) groups excluding carboxylic acids is 1. The largest absolute Gasteiger partial charge is 0.339 e. The van der Waals surface area contributed by atoms with Crippen LogP contribution in [0, 0.1) is 12.8 Å². The Bertz CT molecular complexity index is 1100. The monoisotopic (exact) mass is 425 g/mol. The van der Waals surface area contributed by atoms with Crippen LogP contribution in [0.1, 0.15) is 41.1 Å². The predicted molar refractivity (Wildman–Crippen MR) is 113 cm³/mol. The van der Waals surface area contributed by atoms with E-state index in [1.807, 2.05) is 50.4 Å². The summed E-state index contributed by atoms with van der Waals surface area (Å²) in [7, 11) is 0. The van der Waals surface area contributed by atoms with Gasteiger partial charge in [0.2, 0.25) is 11.7 Å². The molecular weight excluding hydrogens is 406 g/mol. The molecule has 4 heterocycles. The first kappa shape index (κ1) is 19.4. The number of nitrogens with zero attached hydrogens (tertiary/aromatic N) is 4. The van der Waals surface area contributed by atoms with Crippen molar-refractivity contribution in [3.8, 4) is 21.3 Å². The van der Waals surface area contributed by atoms with Crippen molar-refractivity contribution in [1.82, 2.24) is 25.4 Å². The molecule has 0 aromatic carbocycles. The van der Waals surface area contributed by atoms with E-state index < -0.39 is 6.04 Å². The molecule has 4 aromatic rings. The van der Waals surface area contributed by atoms with Gasteiger partial charge < -0.3 is 9.84 Å². The van der Waals surface area contributed by atoms with Crippen molar-refractivity contribution in [3.63, 3.8) is 0 Å². The summed E-state index contributed by atoms with van der Waals surface area (Å²) in [4.78, 5) is 27.7. The third-order valence-corrected chi connectivity index (χ3v) is 6.53. The van der Waals surface area contributed by atoms with Gasteiger partial charge in [-0.05, 0) is 36.4 Å². The van der Waals surface area contributed by atoms with Crippen molar-refractivity contribution < 1.29 is 9.32 Å². The summed E-state index contributed by atoms with van der Waals surface area (Å²) in [5, 5.41) is 9.94. The maximum Gasteiger partial charge on any atom is 0.263 e. The third-order valence-electron chi connectivity index (χ3n) is 4.33. The van der Waals surface area contributed by atoms with E-state index in [9.17, 15) is 4.79 Å². The molecule has 0 aliphatic rings. The molecule has 0 aliphatic carbocycles. The molecule has 4 aromatic heterocycles. The van der Waals surface area contributed by atoms with Gasteiger partial charge in [0.1, 0.15) is 15.9 Å². The summed E-state index contributed by atoms with van der Waals surface area (Å²) < 4.78 is 5.47. The Hall–Kier alpha value is -2.91. The zero-order valence-electron chi connectivity index (χ0n) is 16.1. The maximum absolute atomic E-state index is 13.0. The van der Waals surface area contributed by atoms with Crippen LogP contribution >= 0.6 is 22.7 Å². The molecule has 7 nitrogen and oxygen atoms in total. The van der Waals surface area contributed by atoms with Gasteiger partial charge in [0.25, 0.3) is 5.91 Å². The zero-order valence-corrected chi connectivity index (χ0v) is 17.8. The van der Waals surface area contributed by atoms with Gasteiger partial charge in [0, 0.05) is 18.0 Å². The van der Waals surface area contributed by atoms with Crippen molar-refractivity contribution in [3.05, 3.63) is 58.5 Å². The highest BCUT2D eigenvalue weighted by Crippen LogP contribution is 2.32. The van der Waals surface area contributed by atoms with E-state index >= 15 is 0 Å². The fourth-order valence-corrected chi connectivity index (χ4v) is 4.58. The normalized spacial score (nSPS) is 12.3. The number of carbonyl (C=O) groups is 1. The first-order valence-corrected chi connectivity index (χ1v) is 10.8. The van der Waals surface area contributed by atoms with Crippen molar-refractivity contribution in [2.24, 2.45) is 5.92 Å². The summed E-state index contributed by atoms with van der Waals surface area (Å²) in [6.07, 6.45) is 3.34. The molecule has 148 valence electrons. The molecule has 0 saturated heterocycles. The zero-order chi connectivity index (χ0) is 20.4. The first-order valence-electron chi connectivity index (χ1n) is 9.09. The predicted octanol–water partition coefficient (Wildman–Crippen LogP) is 4.75. The molecule has 29 heavy (non-hydrogen) atoms. The lowest BCUT2D eigenvalue weighted by Crippen LogP contribution is -2.31. The lowest BCUT2D eigenvalue weighted by Gasteiger charge is -2.18. The van der Waals surface area contributed by atoms with Crippen LogP contribution in [-0.2, 0) is 0 Å². The molecule has 1 unspecified atom stereocenters. The minimum atomic E-state index is -0.405. The summed E-state index contributed by atoms with van der Waals surface area (Å²) in [5.74, 6) is 0.719. The molecule has 0 saturated carbocycles. The molecular formula is C20H19N5O2S2. The minimum absolute atomic E-state index is 0.0645. The topological polar surface area (TPSA) is 93.8 Å². The molecule has 1 amide bonds. The van der Waals surface area contributed by atoms with Crippen LogP contribution in [0.4, 0.5) is 0 Å². The highest BCUT2D eigenvalue weighted by atomic mass is 32.1. The number of hydrogen-bond acceptors (Lipinski definition) is 8. The SMILES string of the molecule is Cc1nc(-c2cccs2)sc1C(=O)NC(c1nc(-c2ccncc2)no1)C(C)C. The number of nitrogens with one attached hydrogen (secondary N) is 1. The summed E-state index contributed by atoms with van der Waals surface area (Å²) in [6.45, 7) is 5.84. The van der Waals surface area contributed by atoms with Crippen LogP contribution in [0.2, 0.25) is 0 Å². The van der Waals surface area contributed by atoms with Gasteiger partial charge >= 0.3 is 0 Å². The van der Waals surface area contributed by atoms with Gasteiger partial charge in [-0.2, -0.15) is 4.98 Å². The van der Waals surface area contributed by atoms with Crippen LogP contribution < -0.4 is 5.32 Å². The second-order valence-electron chi connectivity index (χ2n) is 6.80. The average molecular weight is 426 g/mol. The molecule has 0 aliphatic heterocycles. The van der Waals surface area contributed by atoms with Crippen molar-refractivity contribution in [2.45, 2.75) is 26.8 Å². The van der Waals surface area contributed by atoms with E-state index in [1.54, 1.807) is 23.7 Å². The van der Waals surface area contributed by atoms with Crippen molar-refractivity contribution >= 4 is 28.6 Å². The Balaban J connectivity index is 1.56. The molecule has 1 N–H and O–H groups in total. The maximum atomic E-state index is 13.0. The van der Waals surface area contributed by atoms with E-state index in [-0.39, 0.29) is 11.8 Å². The Labute approximate surface area is 175 Å². The van der Waals surface area contributed by atoms with Gasteiger partial charge in [-0.25, -0.2) is 4.98 Å². The number of aromatic nitrogens is 4. The third kappa shape index (κ3) is 4.10. The Kier molecular flexibility index (Phi) is 5.50. The van der Waals surface area contributed by atoms with Crippen molar-refractivity contribution in [1.29, 1.82) is 0 Å². The number of pyridine rings is 1. The fourth-order valence-electron chi connectivity index (χ4n) is 2.81. The smallest absolute Gasteiger partial charge is 0.263 e. The molecule has 4 rings (SSSR count). The van der Waals surface area contributed by atoms with Crippen LogP contribution in [0.3, 0.4) is 0 Å². The van der Waals surface area contributed by atoms with Gasteiger partial charge in [-0.1, -0.05) is 25.1 Å². The molecule has 0 fully saturated rings. The van der Waals surface area contributed by atoms with Gasteiger partial charge in [-0.15, -0.1) is 22.7 Å². The number of hydrogen-bond donors (Lipinski definition) is 1. The summed E-state index contributed by atoms with van der Waals surface area (Å²) in [6, 6.07) is 7.19. The lowest BCUT2D eigenvalue weighted by molar-refractivity contribution is 0.0917. The van der Waals surface area contributed by atoms with Gasteiger partial charge in [0.15, 0.2) is 0 Å². The molecule has 1 atom stereocenters. The van der Waals surface area contributed by atoms with E-state index in [1.165, 1.54) is 11.3 Å². The highest BCUT2D eigenvalue weighted by molar-refractivity contribution is 7.22. The fraction of sp³-hybridized carbons (Fsp3) is 0.250. The Morgan fingerprint density at radius 3 is 2.66 bits per heavy atom. The molecule has 0 spiro atoms. The van der Waals surface area contributed by atoms with E-state index in [0.29, 0.717) is 22.3 Å². The molecule has 0 radical (unpaired) electrons. The van der Waals surface area contributed by atoms with E-state index in [4.69, 9.17) is 4.52 Å². The van der Waals surface area contributed by atoms with Crippen LogP contribution in [0.5, 0.6) is 0 Å². The highest BCUT2D eigenvalue weighted by Gasteiger charge is 2.27. The summed E-state index contributed by atoms with van der Waals surface area (Å²) in [5.41, 5.74) is 1.52. The summed E-state index contributed by atoms with van der Waals surface area (Å²) >= 11 is 2.99. The van der Waals surface area contributed by atoms with Crippen molar-refractivity contribution in [2.75, 3.05) is 0 Å². The molecule has 0 bridgehead atoms. The second-order valence-corrected chi connectivity index (χ2v) is 8.74. The number of rotatable bonds is 6. The number of thiophene rings is 1. The van der Waals surface area contributed by atoms with Gasteiger partial charge in [0.05, 0.1) is 10.6 Å². The van der Waals surface area contributed by atoms with Crippen LogP contribution in [-0.4, -0.2) is 26.0 Å². The lowest BCUT2D eigenvalue weighted by atomic mass is 10.0. The minimum Gasteiger partial charge on any atom is -0.339 e. The molecule has 9 heteroatoms. The standard InChI is InChI=1S/C20H19N5O2S2/c1-11(2)15(19-24-17(25-27-19)13-6-8-21-9-7-13)23-18(26)16-12(3)22-20(29-16)14-5-4-10-28-14/h4-11,15H,1-3H3,(H,23,26). The quantitative estimate of drug-likeness (QED) is 0.479. The first-order chi connectivity index (χ1) is 14.0. The number of aryl methyl sites for hydroxylation is 1. The van der Waals surface area contributed by atoms with E-state index in [2.05, 4.69) is 25.4 Å². The average Bonchev–Trinajstić information content (AvgIpc) is 3.46. The number of amides is 1. The van der Waals surface area contributed by atoms with E-state index in [0.717, 1.165) is 15.4 Å². The Morgan fingerprint density at radius 2 is 1.97 bits per heavy atom. The number of thiazole rings is 1. The van der Waals surface area contributed by atoms with Crippen LogP contribution in [0.15, 0.2) is 46.6 Å².